The smallest absolute Gasteiger partial charge is 0.270 e. The summed E-state index contributed by atoms with van der Waals surface area (Å²) in [5.74, 6) is -0.413. The van der Waals surface area contributed by atoms with Gasteiger partial charge in [0.15, 0.2) is 0 Å². The molecule has 0 aliphatic heterocycles. The van der Waals surface area contributed by atoms with Crippen LogP contribution in [0, 0.1) is 13.7 Å². The number of carbonyl (C=O) groups is 1. The van der Waals surface area contributed by atoms with E-state index in [1.807, 2.05) is 29.5 Å². The van der Waals surface area contributed by atoms with E-state index in [4.69, 9.17) is 5.11 Å². The number of nitro benzene ring substituents is 1. The molecule has 1 rings (SSSR count). The fourth-order valence-electron chi connectivity index (χ4n) is 1.34. The van der Waals surface area contributed by atoms with Crippen LogP contribution in [0.5, 0.6) is 0 Å². The van der Waals surface area contributed by atoms with Crippen molar-refractivity contribution in [2.45, 2.75) is 19.4 Å². The van der Waals surface area contributed by atoms with Gasteiger partial charge in [0.1, 0.15) is 0 Å². The molecule has 0 spiro atoms. The molecule has 6 nitrogen and oxygen atoms in total. The van der Waals surface area contributed by atoms with E-state index in [0.29, 0.717) is 9.99 Å². The van der Waals surface area contributed by atoms with Gasteiger partial charge >= 0.3 is 0 Å². The van der Waals surface area contributed by atoms with Crippen molar-refractivity contribution in [3.8, 4) is 0 Å². The highest BCUT2D eigenvalue weighted by atomic mass is 127. The van der Waals surface area contributed by atoms with Crippen molar-refractivity contribution in [2.24, 2.45) is 0 Å². The number of hydrogen-bond donors (Lipinski definition) is 2. The summed E-state index contributed by atoms with van der Waals surface area (Å²) in [6, 6.07) is 3.77. The average Bonchev–Trinajstić information content (AvgIpc) is 2.35. The highest BCUT2D eigenvalue weighted by molar-refractivity contribution is 14.1. The van der Waals surface area contributed by atoms with Gasteiger partial charge in [-0.1, -0.05) is 6.92 Å². The minimum Gasteiger partial charge on any atom is -0.394 e. The zero-order chi connectivity index (χ0) is 13.7. The Morgan fingerprint density at radius 1 is 1.61 bits per heavy atom. The molecule has 0 aliphatic carbocycles. The summed E-state index contributed by atoms with van der Waals surface area (Å²) in [7, 11) is 0. The van der Waals surface area contributed by atoms with Crippen molar-refractivity contribution in [2.75, 3.05) is 6.61 Å². The van der Waals surface area contributed by atoms with Crippen molar-refractivity contribution >= 4 is 34.2 Å². The Labute approximate surface area is 118 Å². The highest BCUT2D eigenvalue weighted by Crippen LogP contribution is 2.19. The molecule has 18 heavy (non-hydrogen) atoms. The van der Waals surface area contributed by atoms with Gasteiger partial charge in [-0.15, -0.1) is 0 Å². The number of aliphatic hydroxyl groups is 1. The van der Waals surface area contributed by atoms with Crippen LogP contribution in [0.25, 0.3) is 0 Å². The molecule has 1 aromatic carbocycles. The first-order valence-corrected chi connectivity index (χ1v) is 6.43. The van der Waals surface area contributed by atoms with Gasteiger partial charge < -0.3 is 10.4 Å². The Kier molecular flexibility index (Phi) is 5.48. The van der Waals surface area contributed by atoms with Gasteiger partial charge in [-0.05, 0) is 35.1 Å². The fraction of sp³-hybridized carbons (Fsp3) is 0.364. The summed E-state index contributed by atoms with van der Waals surface area (Å²) in [5.41, 5.74) is 0.120. The Bertz CT molecular complexity index is 460. The number of amides is 1. The standard InChI is InChI=1S/C11H13IN2O4/c1-2-7(6-15)13-11(16)9-5-8(14(17)18)3-4-10(9)12/h3-5,7,15H,2,6H2,1H3,(H,13,16)/t7-/m0/s1. The van der Waals surface area contributed by atoms with Gasteiger partial charge in [-0.2, -0.15) is 0 Å². The monoisotopic (exact) mass is 364 g/mol. The van der Waals surface area contributed by atoms with Crippen LogP contribution in [0.1, 0.15) is 23.7 Å². The number of non-ortho nitro benzene ring substituents is 1. The van der Waals surface area contributed by atoms with Crippen LogP contribution in [-0.2, 0) is 0 Å². The topological polar surface area (TPSA) is 92.5 Å². The van der Waals surface area contributed by atoms with Crippen LogP contribution in [0.3, 0.4) is 0 Å². The molecule has 1 atom stereocenters. The first-order valence-electron chi connectivity index (χ1n) is 5.35. The van der Waals surface area contributed by atoms with Gasteiger partial charge in [0.05, 0.1) is 23.1 Å². The van der Waals surface area contributed by atoms with Gasteiger partial charge in [0, 0.05) is 15.7 Å². The molecular formula is C11H13IN2O4. The minimum atomic E-state index is -0.545. The Morgan fingerprint density at radius 3 is 2.78 bits per heavy atom. The fourth-order valence-corrected chi connectivity index (χ4v) is 1.92. The molecule has 0 fully saturated rings. The number of aliphatic hydroxyl groups excluding tert-OH is 1. The molecule has 1 aromatic rings. The quantitative estimate of drug-likeness (QED) is 0.473. The maximum Gasteiger partial charge on any atom is 0.270 e. The average molecular weight is 364 g/mol. The van der Waals surface area contributed by atoms with Crippen LogP contribution < -0.4 is 5.32 Å². The molecule has 7 heteroatoms. The summed E-state index contributed by atoms with van der Waals surface area (Å²) in [6.07, 6.45) is 0.591. The van der Waals surface area contributed by atoms with E-state index in [9.17, 15) is 14.9 Å². The first-order chi connectivity index (χ1) is 8.49. The molecule has 0 saturated carbocycles. The Hall–Kier alpha value is -1.22. The second kappa shape index (κ2) is 6.64. The first kappa shape index (κ1) is 14.8. The summed E-state index contributed by atoms with van der Waals surface area (Å²) in [6.45, 7) is 1.67. The number of benzene rings is 1. The number of nitrogens with one attached hydrogen (secondary N) is 1. The van der Waals surface area contributed by atoms with Gasteiger partial charge in [-0.3, -0.25) is 14.9 Å². The molecule has 0 aliphatic rings. The SMILES string of the molecule is CC[C@@H](CO)NC(=O)c1cc([N+](=O)[O-])ccc1I. The van der Waals surface area contributed by atoms with Crippen LogP contribution in [0.2, 0.25) is 0 Å². The molecule has 0 saturated heterocycles. The summed E-state index contributed by atoms with van der Waals surface area (Å²) in [4.78, 5) is 22.0. The predicted molar refractivity (Wildman–Crippen MR) is 74.4 cm³/mol. The van der Waals surface area contributed by atoms with Crippen LogP contribution in [0.15, 0.2) is 18.2 Å². The van der Waals surface area contributed by atoms with Crippen molar-refractivity contribution < 1.29 is 14.8 Å². The van der Waals surface area contributed by atoms with Gasteiger partial charge in [0.2, 0.25) is 0 Å². The lowest BCUT2D eigenvalue weighted by Gasteiger charge is -2.14. The lowest BCUT2D eigenvalue weighted by Crippen LogP contribution is -2.37. The van der Waals surface area contributed by atoms with Crippen LogP contribution in [0.4, 0.5) is 5.69 Å². The number of nitrogens with zero attached hydrogens (tertiary/aromatic N) is 1. The van der Waals surface area contributed by atoms with Crippen molar-refractivity contribution in [3.05, 3.63) is 37.4 Å². The van der Waals surface area contributed by atoms with Gasteiger partial charge in [-0.25, -0.2) is 0 Å². The maximum absolute atomic E-state index is 11.9. The molecule has 0 heterocycles. The second-order valence-corrected chi connectivity index (χ2v) is 4.84. The third-order valence-electron chi connectivity index (χ3n) is 2.45. The molecule has 1 amide bonds. The number of hydrogen-bond acceptors (Lipinski definition) is 4. The van der Waals surface area contributed by atoms with E-state index >= 15 is 0 Å². The molecule has 0 aromatic heterocycles. The highest BCUT2D eigenvalue weighted by Gasteiger charge is 2.17. The van der Waals surface area contributed by atoms with E-state index in [1.54, 1.807) is 0 Å². The normalized spacial score (nSPS) is 11.9. The van der Waals surface area contributed by atoms with Crippen molar-refractivity contribution in [1.82, 2.24) is 5.32 Å². The van der Waals surface area contributed by atoms with Crippen LogP contribution >= 0.6 is 22.6 Å². The lowest BCUT2D eigenvalue weighted by molar-refractivity contribution is -0.384. The Morgan fingerprint density at radius 2 is 2.28 bits per heavy atom. The van der Waals surface area contributed by atoms with E-state index in [1.165, 1.54) is 18.2 Å². The molecule has 2 N–H and O–H groups in total. The van der Waals surface area contributed by atoms with E-state index in [2.05, 4.69) is 5.32 Å². The largest absolute Gasteiger partial charge is 0.394 e. The number of nitro groups is 1. The third kappa shape index (κ3) is 3.64. The Balaban J connectivity index is 2.97. The van der Waals surface area contributed by atoms with Crippen LogP contribution in [-0.4, -0.2) is 28.6 Å². The summed E-state index contributed by atoms with van der Waals surface area (Å²) in [5, 5.41) is 22.3. The zero-order valence-electron chi connectivity index (χ0n) is 9.72. The van der Waals surface area contributed by atoms with E-state index in [0.717, 1.165) is 0 Å². The van der Waals surface area contributed by atoms with E-state index in [-0.39, 0.29) is 23.9 Å². The number of carbonyl (C=O) groups excluding carboxylic acids is 1. The third-order valence-corrected chi connectivity index (χ3v) is 3.39. The molecule has 0 bridgehead atoms. The zero-order valence-corrected chi connectivity index (χ0v) is 11.9. The summed E-state index contributed by atoms with van der Waals surface area (Å²) < 4.78 is 0.628. The maximum atomic E-state index is 11.9. The van der Waals surface area contributed by atoms with Crippen molar-refractivity contribution in [3.63, 3.8) is 0 Å². The molecular weight excluding hydrogens is 351 g/mol. The lowest BCUT2D eigenvalue weighted by atomic mass is 10.1. The predicted octanol–water partition coefficient (Wildman–Crippen LogP) is 1.70. The van der Waals surface area contributed by atoms with Gasteiger partial charge in [0.25, 0.3) is 11.6 Å². The molecule has 98 valence electrons. The molecule has 0 radical (unpaired) electrons. The minimum absolute atomic E-state index is 0.127. The summed E-state index contributed by atoms with van der Waals surface area (Å²) >= 11 is 1.94. The van der Waals surface area contributed by atoms with E-state index < -0.39 is 10.8 Å². The number of rotatable bonds is 5. The van der Waals surface area contributed by atoms with Crippen molar-refractivity contribution in [1.29, 1.82) is 0 Å². The second-order valence-electron chi connectivity index (χ2n) is 3.68. The number of halogens is 1. The molecule has 0 unspecified atom stereocenters.